The van der Waals surface area contributed by atoms with Crippen molar-refractivity contribution >= 4 is 46.8 Å². The van der Waals surface area contributed by atoms with Gasteiger partial charge in [0, 0.05) is 31.3 Å². The molecule has 2 heterocycles. The Bertz CT molecular complexity index is 1320. The van der Waals surface area contributed by atoms with E-state index in [1.54, 1.807) is 52.5 Å². The molecule has 1 unspecified atom stereocenters. The van der Waals surface area contributed by atoms with Gasteiger partial charge in [0.1, 0.15) is 11.2 Å². The number of hydrogen-bond donors (Lipinski definition) is 0. The molecule has 0 spiro atoms. The smallest absolute Gasteiger partial charge is 0.419 e. The van der Waals surface area contributed by atoms with Gasteiger partial charge >= 0.3 is 12.2 Å². The molecule has 0 radical (unpaired) electrons. The number of imide groups is 1. The van der Waals surface area contributed by atoms with Crippen molar-refractivity contribution in [3.8, 4) is 0 Å². The number of carbonyl (C=O) groups excluding carboxylic acids is 3. The summed E-state index contributed by atoms with van der Waals surface area (Å²) in [5.74, 6) is -0.130. The quantitative estimate of drug-likeness (QED) is 0.254. The molecule has 2 aliphatic rings. The fraction of sp³-hybridized carbons (Fsp3) is 0.559. The molecule has 0 saturated carbocycles. The van der Waals surface area contributed by atoms with Gasteiger partial charge in [-0.1, -0.05) is 23.7 Å². The van der Waals surface area contributed by atoms with Crippen molar-refractivity contribution < 1.29 is 33.3 Å². The van der Waals surface area contributed by atoms with Gasteiger partial charge in [-0.2, -0.15) is 0 Å². The number of benzene rings is 2. The van der Waals surface area contributed by atoms with E-state index in [-0.39, 0.29) is 18.7 Å². The topological polar surface area (TPSA) is 97.9 Å². The normalized spacial score (nSPS) is 16.9. The molecule has 2 aromatic rings. The first-order valence-corrected chi connectivity index (χ1v) is 16.1. The number of rotatable bonds is 9. The Hall–Kier alpha value is -3.34. The zero-order chi connectivity index (χ0) is 32.8. The predicted octanol–water partition coefficient (Wildman–Crippen LogP) is 7.93. The maximum atomic E-state index is 14.0. The maximum absolute atomic E-state index is 14.0. The van der Waals surface area contributed by atoms with Crippen molar-refractivity contribution in [1.29, 1.82) is 0 Å². The number of anilines is 3. The summed E-state index contributed by atoms with van der Waals surface area (Å²) in [7, 11) is 0. The predicted molar refractivity (Wildman–Crippen MR) is 175 cm³/mol. The minimum absolute atomic E-state index is 0.0383. The minimum atomic E-state index is -0.797. The van der Waals surface area contributed by atoms with Crippen LogP contribution in [0, 0.1) is 0 Å². The van der Waals surface area contributed by atoms with Gasteiger partial charge in [0.2, 0.25) is 0 Å². The Morgan fingerprint density at radius 2 is 1.56 bits per heavy atom. The number of para-hydroxylation sites is 1. The van der Waals surface area contributed by atoms with Crippen molar-refractivity contribution in [2.75, 3.05) is 42.6 Å². The number of hydrogen-bond acceptors (Lipinski definition) is 8. The summed E-state index contributed by atoms with van der Waals surface area (Å²) < 4.78 is 22.7. The zero-order valence-electron chi connectivity index (χ0n) is 27.3. The van der Waals surface area contributed by atoms with Gasteiger partial charge in [0.25, 0.3) is 5.91 Å². The molecule has 2 aromatic carbocycles. The molecule has 1 saturated heterocycles. The average Bonchev–Trinajstić information content (AvgIpc) is 3.04. The third kappa shape index (κ3) is 9.58. The lowest BCUT2D eigenvalue weighted by Gasteiger charge is -2.30. The van der Waals surface area contributed by atoms with E-state index in [1.165, 1.54) is 0 Å². The highest BCUT2D eigenvalue weighted by atomic mass is 35.5. The van der Waals surface area contributed by atoms with Gasteiger partial charge < -0.3 is 28.7 Å². The summed E-state index contributed by atoms with van der Waals surface area (Å²) in [6.07, 6.45) is 2.25. The van der Waals surface area contributed by atoms with Crippen molar-refractivity contribution in [3.05, 3.63) is 53.1 Å². The molecule has 0 aromatic heterocycles. The summed E-state index contributed by atoms with van der Waals surface area (Å²) in [5.41, 5.74) is 1.12. The lowest BCUT2D eigenvalue weighted by atomic mass is 10.1. The van der Waals surface area contributed by atoms with E-state index >= 15 is 0 Å². The van der Waals surface area contributed by atoms with Crippen LogP contribution in [0.1, 0.15) is 84.0 Å². The standard InChI is InChI=1S/C34H46ClN3O7/c1-33(2,3)44-31(40)38(32(41)45-34(4,5)6)19-11-18-36-26-14-8-7-13-25(26)30(39)37(27-17-16-24(35)23-28(27)36)20-12-22-43-29-15-9-10-21-42-29/h7-8,13-14,16-17,23,29H,9-12,15,18-22H2,1-6H3. The summed E-state index contributed by atoms with van der Waals surface area (Å²) in [6, 6.07) is 12.9. The third-order valence-electron chi connectivity index (χ3n) is 7.15. The summed E-state index contributed by atoms with van der Waals surface area (Å²) in [5, 5.41) is 0.521. The summed E-state index contributed by atoms with van der Waals surface area (Å²) in [4.78, 5) is 45.0. The second-order valence-electron chi connectivity index (χ2n) is 13.2. The number of halogens is 1. The first kappa shape index (κ1) is 34.5. The van der Waals surface area contributed by atoms with Crippen LogP contribution in [0.2, 0.25) is 5.02 Å². The van der Waals surface area contributed by atoms with Crippen LogP contribution in [-0.2, 0) is 18.9 Å². The van der Waals surface area contributed by atoms with Crippen molar-refractivity contribution in [2.45, 2.75) is 91.1 Å². The van der Waals surface area contributed by atoms with Gasteiger partial charge in [0.15, 0.2) is 6.29 Å². The monoisotopic (exact) mass is 643 g/mol. The van der Waals surface area contributed by atoms with Crippen LogP contribution in [0.25, 0.3) is 0 Å². The third-order valence-corrected chi connectivity index (χ3v) is 7.38. The molecule has 0 bridgehead atoms. The van der Waals surface area contributed by atoms with Crippen LogP contribution < -0.4 is 9.80 Å². The Morgan fingerprint density at radius 3 is 2.20 bits per heavy atom. The van der Waals surface area contributed by atoms with Crippen LogP contribution in [0.15, 0.2) is 42.5 Å². The highest BCUT2D eigenvalue weighted by molar-refractivity contribution is 6.31. The molecule has 10 nitrogen and oxygen atoms in total. The number of fused-ring (bicyclic) bond motifs is 2. The SMILES string of the molecule is CC(C)(C)OC(=O)N(CCCN1c2ccccc2C(=O)N(CCCOC2CCCCO2)c2ccc(Cl)cc21)C(=O)OC(C)(C)C. The van der Waals surface area contributed by atoms with Crippen LogP contribution in [0.4, 0.5) is 26.7 Å². The first-order valence-electron chi connectivity index (χ1n) is 15.7. The lowest BCUT2D eigenvalue weighted by molar-refractivity contribution is -0.162. The molecule has 1 fully saturated rings. The minimum Gasteiger partial charge on any atom is -0.443 e. The fourth-order valence-electron chi connectivity index (χ4n) is 5.24. The van der Waals surface area contributed by atoms with Crippen LogP contribution >= 0.6 is 11.6 Å². The van der Waals surface area contributed by atoms with Gasteiger partial charge in [-0.05, 0) is 104 Å². The number of amides is 3. The second kappa shape index (κ2) is 14.8. The molecule has 1 atom stereocenters. The molecule has 11 heteroatoms. The van der Waals surface area contributed by atoms with Gasteiger partial charge in [0.05, 0.1) is 29.2 Å². The van der Waals surface area contributed by atoms with E-state index in [4.69, 9.17) is 30.5 Å². The first-order chi connectivity index (χ1) is 21.2. The number of nitrogens with zero attached hydrogens (tertiary/aromatic N) is 3. The van der Waals surface area contributed by atoms with E-state index in [0.29, 0.717) is 61.1 Å². The van der Waals surface area contributed by atoms with Crippen molar-refractivity contribution in [1.82, 2.24) is 4.90 Å². The summed E-state index contributed by atoms with van der Waals surface area (Å²) in [6.45, 7) is 12.5. The highest BCUT2D eigenvalue weighted by Crippen LogP contribution is 2.42. The molecule has 4 rings (SSSR count). The molecule has 246 valence electrons. The maximum Gasteiger partial charge on any atom is 0.419 e. The van der Waals surface area contributed by atoms with E-state index in [2.05, 4.69) is 0 Å². The number of carbonyl (C=O) groups is 3. The van der Waals surface area contributed by atoms with E-state index in [0.717, 1.165) is 29.8 Å². The zero-order valence-corrected chi connectivity index (χ0v) is 28.0. The molecule has 3 amide bonds. The molecular weight excluding hydrogens is 598 g/mol. The highest BCUT2D eigenvalue weighted by Gasteiger charge is 2.33. The lowest BCUT2D eigenvalue weighted by Crippen LogP contribution is -2.44. The van der Waals surface area contributed by atoms with Crippen molar-refractivity contribution in [2.24, 2.45) is 0 Å². The Kier molecular flexibility index (Phi) is 11.4. The fourth-order valence-corrected chi connectivity index (χ4v) is 5.40. The Morgan fingerprint density at radius 1 is 0.889 bits per heavy atom. The number of ether oxygens (including phenoxy) is 4. The van der Waals surface area contributed by atoms with Crippen LogP contribution in [0.3, 0.4) is 0 Å². The van der Waals surface area contributed by atoms with E-state index in [9.17, 15) is 14.4 Å². The molecule has 0 N–H and O–H groups in total. The van der Waals surface area contributed by atoms with Gasteiger partial charge in [-0.3, -0.25) is 4.79 Å². The van der Waals surface area contributed by atoms with Crippen LogP contribution in [-0.4, -0.2) is 73.3 Å². The Labute approximate surface area is 271 Å². The van der Waals surface area contributed by atoms with Gasteiger partial charge in [-0.25, -0.2) is 14.5 Å². The molecular formula is C34H46ClN3O7. The molecule has 45 heavy (non-hydrogen) atoms. The average molecular weight is 644 g/mol. The summed E-state index contributed by atoms with van der Waals surface area (Å²) >= 11 is 6.52. The molecule has 2 aliphatic heterocycles. The van der Waals surface area contributed by atoms with Crippen LogP contribution in [0.5, 0.6) is 0 Å². The van der Waals surface area contributed by atoms with Gasteiger partial charge in [-0.15, -0.1) is 0 Å². The van der Waals surface area contributed by atoms with E-state index in [1.807, 2.05) is 41.3 Å². The van der Waals surface area contributed by atoms with Crippen molar-refractivity contribution in [3.63, 3.8) is 0 Å². The molecule has 0 aliphatic carbocycles. The largest absolute Gasteiger partial charge is 0.443 e. The van der Waals surface area contributed by atoms with E-state index < -0.39 is 23.4 Å². The Balaban J connectivity index is 1.57. The second-order valence-corrected chi connectivity index (χ2v) is 13.7.